The normalized spacial score (nSPS) is 15.4. The number of esters is 1. The van der Waals surface area contributed by atoms with Crippen molar-refractivity contribution in [2.24, 2.45) is 17.1 Å². The minimum atomic E-state index is -1.22. The van der Waals surface area contributed by atoms with Crippen LogP contribution in [0.5, 0.6) is 0 Å². The third kappa shape index (κ3) is 13.1. The van der Waals surface area contributed by atoms with Gasteiger partial charge in [-0.25, -0.2) is 4.79 Å². The first-order chi connectivity index (χ1) is 16.7. The summed E-state index contributed by atoms with van der Waals surface area (Å²) in [6.07, 6.45) is 2.04. The summed E-state index contributed by atoms with van der Waals surface area (Å²) < 4.78 is 5.07. The van der Waals surface area contributed by atoms with Gasteiger partial charge in [-0.15, -0.1) is 0 Å². The summed E-state index contributed by atoms with van der Waals surface area (Å²) in [7, 11) is 1.00. The Labute approximate surface area is 221 Å². The Morgan fingerprint density at radius 2 is 1.75 bits per heavy atom. The van der Waals surface area contributed by atoms with Gasteiger partial charge in [-0.2, -0.15) is 0 Å². The highest BCUT2D eigenvalue weighted by Crippen LogP contribution is 2.29. The number of aryl methyl sites for hydroxylation is 1. The van der Waals surface area contributed by atoms with Gasteiger partial charge in [0.2, 0.25) is 5.91 Å². The Kier molecular flexibility index (Phi) is 14.7. The highest BCUT2D eigenvalue weighted by molar-refractivity contribution is 6.30. The van der Waals surface area contributed by atoms with Crippen LogP contribution in [0.15, 0.2) is 24.3 Å². The summed E-state index contributed by atoms with van der Waals surface area (Å²) in [5.74, 6) is -0.782. The molecule has 0 radical (unpaired) electrons. The number of hydrogen-bond acceptors (Lipinski definition) is 6. The minimum Gasteiger partial charge on any atom is -0.439 e. The number of halogens is 1. The smallest absolute Gasteiger partial charge is 0.321 e. The second-order valence-electron chi connectivity index (χ2n) is 10.3. The SMILES string of the molecule is CC(C)C(NC(=O)NC(C)(C)OC(=O)CN)C(=O)N1CCCC(C)(C)C1.CO.Cc1ccc(Cl)cc1. The third-order valence-corrected chi connectivity index (χ3v) is 5.64. The summed E-state index contributed by atoms with van der Waals surface area (Å²) in [6.45, 7) is 14.3. The molecule has 5 N–H and O–H groups in total. The van der Waals surface area contributed by atoms with Crippen LogP contribution in [0, 0.1) is 18.3 Å². The fourth-order valence-corrected chi connectivity index (χ4v) is 3.78. The molecule has 1 aliphatic heterocycles. The number of aliphatic hydroxyl groups excluding tert-OH is 1. The molecule has 1 aromatic rings. The summed E-state index contributed by atoms with van der Waals surface area (Å²) >= 11 is 5.61. The lowest BCUT2D eigenvalue weighted by Gasteiger charge is -2.40. The van der Waals surface area contributed by atoms with Gasteiger partial charge in [-0.1, -0.05) is 57.0 Å². The number of carbonyl (C=O) groups is 3. The molecule has 206 valence electrons. The maximum absolute atomic E-state index is 12.9. The molecule has 1 saturated heterocycles. The van der Waals surface area contributed by atoms with Crippen molar-refractivity contribution in [1.82, 2.24) is 15.5 Å². The molecule has 1 atom stereocenters. The monoisotopic (exact) mass is 528 g/mol. The van der Waals surface area contributed by atoms with Gasteiger partial charge in [-0.3, -0.25) is 9.59 Å². The molecule has 0 aromatic heterocycles. The van der Waals surface area contributed by atoms with Gasteiger partial charge in [0.15, 0.2) is 5.72 Å². The maximum atomic E-state index is 12.9. The zero-order valence-electron chi connectivity index (χ0n) is 23.0. The fourth-order valence-electron chi connectivity index (χ4n) is 3.66. The zero-order valence-corrected chi connectivity index (χ0v) is 23.7. The maximum Gasteiger partial charge on any atom is 0.321 e. The molecule has 9 nitrogen and oxygen atoms in total. The van der Waals surface area contributed by atoms with Gasteiger partial charge in [0.05, 0.1) is 6.54 Å². The van der Waals surface area contributed by atoms with Crippen LogP contribution in [-0.2, 0) is 14.3 Å². The number of rotatable bonds is 6. The Hall–Kier alpha value is -2.36. The van der Waals surface area contributed by atoms with Crippen LogP contribution in [0.2, 0.25) is 5.02 Å². The number of nitrogens with one attached hydrogen (secondary N) is 2. The Bertz CT molecular complexity index is 807. The predicted molar refractivity (Wildman–Crippen MR) is 143 cm³/mol. The van der Waals surface area contributed by atoms with E-state index >= 15 is 0 Å². The van der Waals surface area contributed by atoms with Crippen LogP contribution in [-0.4, -0.2) is 66.4 Å². The first kappa shape index (κ1) is 33.6. The lowest BCUT2D eigenvalue weighted by molar-refractivity contribution is -0.156. The van der Waals surface area contributed by atoms with Crippen molar-refractivity contribution >= 4 is 29.5 Å². The molecule has 1 aromatic carbocycles. The van der Waals surface area contributed by atoms with Gasteiger partial charge in [0.25, 0.3) is 0 Å². The molecule has 36 heavy (non-hydrogen) atoms. The van der Waals surface area contributed by atoms with E-state index in [9.17, 15) is 14.4 Å². The molecule has 1 unspecified atom stereocenters. The number of nitrogens with two attached hydrogens (primary N) is 1. The van der Waals surface area contributed by atoms with Gasteiger partial charge in [-0.05, 0) is 57.1 Å². The molecule has 0 aliphatic carbocycles. The Morgan fingerprint density at radius 3 is 2.19 bits per heavy atom. The van der Waals surface area contributed by atoms with Gasteiger partial charge < -0.3 is 31.1 Å². The van der Waals surface area contributed by atoms with Gasteiger partial charge in [0.1, 0.15) is 6.04 Å². The van der Waals surface area contributed by atoms with E-state index < -0.39 is 23.8 Å². The van der Waals surface area contributed by atoms with E-state index in [0.717, 1.165) is 25.0 Å². The van der Waals surface area contributed by atoms with E-state index in [1.165, 1.54) is 5.56 Å². The molecule has 3 amide bonds. The number of urea groups is 1. The number of aliphatic hydroxyl groups is 1. The van der Waals surface area contributed by atoms with E-state index in [-0.39, 0.29) is 23.8 Å². The van der Waals surface area contributed by atoms with Crippen LogP contribution >= 0.6 is 11.6 Å². The van der Waals surface area contributed by atoms with Crippen LogP contribution in [0.25, 0.3) is 0 Å². The highest BCUT2D eigenvalue weighted by Gasteiger charge is 2.35. The molecule has 1 fully saturated rings. The molecule has 10 heteroatoms. The van der Waals surface area contributed by atoms with Crippen molar-refractivity contribution in [2.45, 2.75) is 73.1 Å². The van der Waals surface area contributed by atoms with Crippen LogP contribution in [0.3, 0.4) is 0 Å². The third-order valence-electron chi connectivity index (χ3n) is 5.39. The summed E-state index contributed by atoms with van der Waals surface area (Å²) in [5, 5.41) is 13.1. The average molecular weight is 529 g/mol. The van der Waals surface area contributed by atoms with Crippen molar-refractivity contribution in [2.75, 3.05) is 26.7 Å². The number of piperidine rings is 1. The standard InChI is InChI=1S/C18H34N4O4.C7H7Cl.CH4O/c1-12(2)14(15(24)22-9-7-8-17(3,4)11-22)20-16(25)21-18(5,6)26-13(23)10-19;1-6-2-4-7(8)5-3-6;1-2/h12,14H,7-11,19H2,1-6H3,(H2,20,21,25);2-5H,1H3;2H,1H3. The van der Waals surface area contributed by atoms with Crippen molar-refractivity contribution < 1.29 is 24.2 Å². The van der Waals surface area contributed by atoms with E-state index in [1.807, 2.05) is 49.9 Å². The first-order valence-electron chi connectivity index (χ1n) is 12.1. The lowest BCUT2D eigenvalue weighted by Crippen LogP contribution is -2.59. The van der Waals surface area contributed by atoms with Crippen LogP contribution in [0.4, 0.5) is 4.79 Å². The minimum absolute atomic E-state index is 0.0759. The predicted octanol–water partition coefficient (Wildman–Crippen LogP) is 3.45. The van der Waals surface area contributed by atoms with Gasteiger partial charge >= 0.3 is 12.0 Å². The highest BCUT2D eigenvalue weighted by atomic mass is 35.5. The van der Waals surface area contributed by atoms with Gasteiger partial charge in [0, 0.05) is 25.2 Å². The number of ether oxygens (including phenoxy) is 1. The quantitative estimate of drug-likeness (QED) is 0.330. The fraction of sp³-hybridized carbons (Fsp3) is 0.654. The van der Waals surface area contributed by atoms with E-state index in [4.69, 9.17) is 27.2 Å². The summed E-state index contributed by atoms with van der Waals surface area (Å²) in [5.41, 5.74) is 5.32. The topological polar surface area (TPSA) is 134 Å². The molecule has 1 heterocycles. The van der Waals surface area contributed by atoms with E-state index in [0.29, 0.717) is 13.1 Å². The van der Waals surface area contributed by atoms with Crippen LogP contribution < -0.4 is 16.4 Å². The number of amides is 3. The largest absolute Gasteiger partial charge is 0.439 e. The molecular formula is C26H45ClN4O5. The summed E-state index contributed by atoms with van der Waals surface area (Å²) in [6, 6.07) is 6.53. The number of likely N-dealkylation sites (tertiary alicyclic amines) is 1. The van der Waals surface area contributed by atoms with Crippen molar-refractivity contribution in [1.29, 1.82) is 0 Å². The van der Waals surface area contributed by atoms with Crippen LogP contribution in [0.1, 0.15) is 59.9 Å². The number of hydrogen-bond donors (Lipinski definition) is 4. The first-order valence-corrected chi connectivity index (χ1v) is 12.5. The Morgan fingerprint density at radius 1 is 1.19 bits per heavy atom. The van der Waals surface area contributed by atoms with Crippen molar-refractivity contribution in [3.8, 4) is 0 Å². The van der Waals surface area contributed by atoms with E-state index in [2.05, 4.69) is 24.5 Å². The average Bonchev–Trinajstić information content (AvgIpc) is 2.79. The number of nitrogens with zero attached hydrogens (tertiary/aromatic N) is 1. The second kappa shape index (κ2) is 15.7. The molecule has 0 spiro atoms. The molecular weight excluding hydrogens is 484 g/mol. The molecule has 0 saturated carbocycles. The molecule has 0 bridgehead atoms. The number of benzene rings is 1. The summed E-state index contributed by atoms with van der Waals surface area (Å²) in [4.78, 5) is 38.4. The van der Waals surface area contributed by atoms with Crippen molar-refractivity contribution in [3.05, 3.63) is 34.9 Å². The lowest BCUT2D eigenvalue weighted by atomic mass is 9.83. The number of carbonyl (C=O) groups excluding carboxylic acids is 3. The Balaban J connectivity index is 0.00000102. The zero-order chi connectivity index (χ0) is 28.1. The second-order valence-corrected chi connectivity index (χ2v) is 10.8. The van der Waals surface area contributed by atoms with Crippen molar-refractivity contribution in [3.63, 3.8) is 0 Å². The molecule has 1 aliphatic rings. The molecule has 2 rings (SSSR count). The van der Waals surface area contributed by atoms with E-state index in [1.54, 1.807) is 13.8 Å².